The summed E-state index contributed by atoms with van der Waals surface area (Å²) in [6, 6.07) is 6.36. The van der Waals surface area contributed by atoms with Crippen LogP contribution in [-0.2, 0) is 6.42 Å². The molecular formula is C15H18IN3. The summed E-state index contributed by atoms with van der Waals surface area (Å²) in [4.78, 5) is 9.29. The number of nitrogens with zero attached hydrogens (tertiary/aromatic N) is 2. The maximum atomic E-state index is 4.68. The van der Waals surface area contributed by atoms with Crippen molar-refractivity contribution in [2.45, 2.75) is 27.2 Å². The van der Waals surface area contributed by atoms with Crippen molar-refractivity contribution in [3.8, 4) is 11.4 Å². The molecule has 3 nitrogen and oxygen atoms in total. The molecule has 100 valence electrons. The van der Waals surface area contributed by atoms with Gasteiger partial charge in [-0.25, -0.2) is 9.97 Å². The zero-order chi connectivity index (χ0) is 14.0. The van der Waals surface area contributed by atoms with Crippen LogP contribution in [0.1, 0.15) is 23.7 Å². The molecule has 0 aliphatic rings. The number of anilines is 1. The van der Waals surface area contributed by atoms with Gasteiger partial charge in [-0.15, -0.1) is 0 Å². The van der Waals surface area contributed by atoms with Crippen LogP contribution in [0.25, 0.3) is 11.4 Å². The molecule has 1 N–H and O–H groups in total. The van der Waals surface area contributed by atoms with Gasteiger partial charge in [0.1, 0.15) is 5.82 Å². The fourth-order valence-corrected chi connectivity index (χ4v) is 2.80. The molecule has 1 heterocycles. The fourth-order valence-electron chi connectivity index (χ4n) is 1.90. The highest BCUT2D eigenvalue weighted by Crippen LogP contribution is 2.25. The van der Waals surface area contributed by atoms with Crippen LogP contribution in [0.4, 0.5) is 5.82 Å². The molecule has 0 saturated carbocycles. The molecule has 0 atom stereocenters. The normalized spacial score (nSPS) is 10.6. The maximum absolute atomic E-state index is 4.68. The van der Waals surface area contributed by atoms with E-state index in [-0.39, 0.29) is 0 Å². The van der Waals surface area contributed by atoms with Gasteiger partial charge >= 0.3 is 0 Å². The number of halogens is 1. The van der Waals surface area contributed by atoms with E-state index in [1.807, 2.05) is 7.05 Å². The van der Waals surface area contributed by atoms with Crippen molar-refractivity contribution >= 4 is 28.4 Å². The Labute approximate surface area is 128 Å². The highest BCUT2D eigenvalue weighted by Gasteiger charge is 2.11. The van der Waals surface area contributed by atoms with E-state index >= 15 is 0 Å². The lowest BCUT2D eigenvalue weighted by Gasteiger charge is -2.11. The van der Waals surface area contributed by atoms with Crippen molar-refractivity contribution < 1.29 is 0 Å². The summed E-state index contributed by atoms with van der Waals surface area (Å²) in [5.41, 5.74) is 4.72. The van der Waals surface area contributed by atoms with E-state index in [1.54, 1.807) is 0 Å². The van der Waals surface area contributed by atoms with Crippen LogP contribution in [0.15, 0.2) is 18.2 Å². The van der Waals surface area contributed by atoms with Crippen molar-refractivity contribution in [1.82, 2.24) is 9.97 Å². The fraction of sp³-hybridized carbons (Fsp3) is 0.333. The van der Waals surface area contributed by atoms with E-state index in [4.69, 9.17) is 0 Å². The number of rotatable bonds is 3. The predicted octanol–water partition coefficient (Wildman–Crippen LogP) is 3.97. The summed E-state index contributed by atoms with van der Waals surface area (Å²) in [5.74, 6) is 1.70. The van der Waals surface area contributed by atoms with Gasteiger partial charge in [0.15, 0.2) is 5.82 Å². The van der Waals surface area contributed by atoms with Crippen molar-refractivity contribution in [2.75, 3.05) is 12.4 Å². The van der Waals surface area contributed by atoms with Crippen LogP contribution < -0.4 is 5.32 Å². The Morgan fingerprint density at radius 2 is 1.89 bits per heavy atom. The molecule has 0 spiro atoms. The minimum atomic E-state index is 0.796. The lowest BCUT2D eigenvalue weighted by Crippen LogP contribution is -2.04. The topological polar surface area (TPSA) is 37.8 Å². The van der Waals surface area contributed by atoms with Crippen molar-refractivity contribution in [2.24, 2.45) is 0 Å². The van der Waals surface area contributed by atoms with Crippen molar-refractivity contribution in [1.29, 1.82) is 0 Å². The molecule has 1 aromatic carbocycles. The third-order valence-corrected chi connectivity index (χ3v) is 4.39. The van der Waals surface area contributed by atoms with E-state index < -0.39 is 0 Å². The van der Waals surface area contributed by atoms with Gasteiger partial charge in [0.05, 0.1) is 9.26 Å². The molecular weight excluding hydrogens is 349 g/mol. The maximum Gasteiger partial charge on any atom is 0.161 e. The standard InChI is InChI=1S/C15H18IN3/c1-5-12-13(16)15(17-4)19-14(18-12)11-7-6-9(2)10(3)8-11/h6-8H,5H2,1-4H3,(H,17,18,19). The molecule has 4 heteroatoms. The van der Waals surface area contributed by atoms with Gasteiger partial charge in [-0.05, 0) is 60.1 Å². The summed E-state index contributed by atoms with van der Waals surface area (Å²) in [6.07, 6.45) is 0.910. The van der Waals surface area contributed by atoms with Crippen molar-refractivity contribution in [3.63, 3.8) is 0 Å². The average Bonchev–Trinajstić information content (AvgIpc) is 2.42. The largest absolute Gasteiger partial charge is 0.372 e. The monoisotopic (exact) mass is 367 g/mol. The van der Waals surface area contributed by atoms with E-state index in [0.717, 1.165) is 32.9 Å². The lowest BCUT2D eigenvalue weighted by molar-refractivity contribution is 0.989. The van der Waals surface area contributed by atoms with Crippen LogP contribution in [0.2, 0.25) is 0 Å². The summed E-state index contributed by atoms with van der Waals surface area (Å²) in [7, 11) is 1.90. The first-order valence-corrected chi connectivity index (χ1v) is 7.46. The zero-order valence-corrected chi connectivity index (χ0v) is 13.9. The van der Waals surface area contributed by atoms with E-state index in [1.165, 1.54) is 11.1 Å². The molecule has 1 aromatic heterocycles. The van der Waals surface area contributed by atoms with Gasteiger partial charge in [0.25, 0.3) is 0 Å². The number of benzene rings is 1. The molecule has 0 amide bonds. The SMILES string of the molecule is CCc1nc(-c2ccc(C)c(C)c2)nc(NC)c1I. The molecule has 0 aliphatic carbocycles. The average molecular weight is 367 g/mol. The van der Waals surface area contributed by atoms with Crippen LogP contribution in [0.5, 0.6) is 0 Å². The molecule has 0 bridgehead atoms. The van der Waals surface area contributed by atoms with Crippen molar-refractivity contribution in [3.05, 3.63) is 38.6 Å². The summed E-state index contributed by atoms with van der Waals surface area (Å²) < 4.78 is 1.11. The lowest BCUT2D eigenvalue weighted by atomic mass is 10.1. The first-order chi connectivity index (χ1) is 9.06. The molecule has 0 aliphatic heterocycles. The second-order valence-electron chi connectivity index (χ2n) is 4.56. The van der Waals surface area contributed by atoms with E-state index in [0.29, 0.717) is 0 Å². The number of aromatic nitrogens is 2. The smallest absolute Gasteiger partial charge is 0.161 e. The quantitative estimate of drug-likeness (QED) is 0.835. The molecule has 0 saturated heterocycles. The highest BCUT2D eigenvalue weighted by molar-refractivity contribution is 14.1. The summed E-state index contributed by atoms with van der Waals surface area (Å²) in [5, 5.41) is 3.15. The first kappa shape index (κ1) is 14.2. The second kappa shape index (κ2) is 5.86. The zero-order valence-electron chi connectivity index (χ0n) is 11.7. The Morgan fingerprint density at radius 1 is 1.16 bits per heavy atom. The van der Waals surface area contributed by atoms with Crippen LogP contribution >= 0.6 is 22.6 Å². The Morgan fingerprint density at radius 3 is 2.47 bits per heavy atom. The molecule has 0 unspecified atom stereocenters. The minimum absolute atomic E-state index is 0.796. The Balaban J connectivity index is 2.58. The third-order valence-electron chi connectivity index (χ3n) is 3.26. The summed E-state index contributed by atoms with van der Waals surface area (Å²) >= 11 is 2.30. The second-order valence-corrected chi connectivity index (χ2v) is 5.64. The van der Waals surface area contributed by atoms with Gasteiger partial charge < -0.3 is 5.32 Å². The van der Waals surface area contributed by atoms with Gasteiger partial charge in [0, 0.05) is 12.6 Å². The van der Waals surface area contributed by atoms with Crippen LogP contribution in [0.3, 0.4) is 0 Å². The number of hydrogen-bond donors (Lipinski definition) is 1. The third kappa shape index (κ3) is 2.88. The Hall–Kier alpha value is -1.17. The van der Waals surface area contributed by atoms with E-state index in [2.05, 4.69) is 76.8 Å². The highest BCUT2D eigenvalue weighted by atomic mass is 127. The molecule has 0 radical (unpaired) electrons. The predicted molar refractivity (Wildman–Crippen MR) is 88.6 cm³/mol. The number of nitrogens with one attached hydrogen (secondary N) is 1. The van der Waals surface area contributed by atoms with Crippen LogP contribution in [-0.4, -0.2) is 17.0 Å². The number of aryl methyl sites for hydroxylation is 3. The van der Waals surface area contributed by atoms with Gasteiger partial charge in [-0.2, -0.15) is 0 Å². The Kier molecular flexibility index (Phi) is 4.39. The van der Waals surface area contributed by atoms with Gasteiger partial charge in [0.2, 0.25) is 0 Å². The molecule has 2 rings (SSSR count). The number of hydrogen-bond acceptors (Lipinski definition) is 3. The summed E-state index contributed by atoms with van der Waals surface area (Å²) in [6.45, 7) is 6.35. The van der Waals surface area contributed by atoms with E-state index in [9.17, 15) is 0 Å². The molecule has 19 heavy (non-hydrogen) atoms. The van der Waals surface area contributed by atoms with Crippen LogP contribution in [0, 0.1) is 17.4 Å². The van der Waals surface area contributed by atoms with Gasteiger partial charge in [-0.3, -0.25) is 0 Å². The molecule has 0 fully saturated rings. The Bertz CT molecular complexity index is 583. The van der Waals surface area contributed by atoms with Gasteiger partial charge in [-0.1, -0.05) is 19.1 Å². The first-order valence-electron chi connectivity index (χ1n) is 6.38. The molecule has 2 aromatic rings. The minimum Gasteiger partial charge on any atom is -0.372 e.